The maximum Gasteiger partial charge on any atom is 0.316 e. The fraction of sp³-hybridized carbons (Fsp3) is 0.400. The van der Waals surface area contributed by atoms with Crippen LogP contribution in [0.5, 0.6) is 0 Å². The average Bonchev–Trinajstić information content (AvgIpc) is 2.56. The first-order valence-corrected chi connectivity index (χ1v) is 7.02. The number of hydrogen-bond donors (Lipinski definition) is 0. The van der Waals surface area contributed by atoms with E-state index in [0.717, 1.165) is 6.41 Å². The van der Waals surface area contributed by atoms with Crippen molar-refractivity contribution in [2.45, 2.75) is 6.92 Å². The molecule has 6 heteroatoms. The zero-order valence-electron chi connectivity index (χ0n) is 12.1. The van der Waals surface area contributed by atoms with Crippen molar-refractivity contribution in [3.05, 3.63) is 30.3 Å². The molecule has 0 unspecified atom stereocenters. The van der Waals surface area contributed by atoms with Gasteiger partial charge in [-0.25, -0.2) is 0 Å². The molecule has 1 aliphatic rings. The zero-order chi connectivity index (χ0) is 15.2. The third-order valence-electron chi connectivity index (χ3n) is 3.56. The van der Waals surface area contributed by atoms with Gasteiger partial charge in [0.1, 0.15) is 0 Å². The maximum atomic E-state index is 12.4. The molecule has 0 aliphatic carbocycles. The van der Waals surface area contributed by atoms with E-state index < -0.39 is 11.8 Å². The van der Waals surface area contributed by atoms with Crippen molar-refractivity contribution >= 4 is 23.9 Å². The predicted octanol–water partition coefficient (Wildman–Crippen LogP) is 0.340. The highest BCUT2D eigenvalue weighted by Gasteiger charge is 2.29. The van der Waals surface area contributed by atoms with Gasteiger partial charge >= 0.3 is 11.8 Å². The highest BCUT2D eigenvalue weighted by molar-refractivity contribution is 6.40. The van der Waals surface area contributed by atoms with Gasteiger partial charge in [-0.15, -0.1) is 0 Å². The van der Waals surface area contributed by atoms with Gasteiger partial charge in [-0.1, -0.05) is 18.2 Å². The van der Waals surface area contributed by atoms with Gasteiger partial charge in [0.05, 0.1) is 0 Å². The van der Waals surface area contributed by atoms with Crippen LogP contribution in [0.3, 0.4) is 0 Å². The van der Waals surface area contributed by atoms with Crippen LogP contribution in [0.25, 0.3) is 0 Å². The molecule has 21 heavy (non-hydrogen) atoms. The molecule has 0 saturated carbocycles. The van der Waals surface area contributed by atoms with E-state index in [0.29, 0.717) is 38.4 Å². The SMILES string of the molecule is CCN(C(=O)C(=O)N1CCN(C=O)CC1)c1ccccc1. The first-order valence-electron chi connectivity index (χ1n) is 7.02. The lowest BCUT2D eigenvalue weighted by Crippen LogP contribution is -2.53. The van der Waals surface area contributed by atoms with Gasteiger partial charge < -0.3 is 14.7 Å². The number of hydrogen-bond acceptors (Lipinski definition) is 3. The van der Waals surface area contributed by atoms with Crippen LogP contribution in [0.2, 0.25) is 0 Å². The minimum atomic E-state index is -0.525. The largest absolute Gasteiger partial charge is 0.342 e. The summed E-state index contributed by atoms with van der Waals surface area (Å²) >= 11 is 0. The van der Waals surface area contributed by atoms with E-state index >= 15 is 0 Å². The number of rotatable bonds is 3. The Morgan fingerprint density at radius 1 is 1.14 bits per heavy atom. The van der Waals surface area contributed by atoms with E-state index in [1.54, 1.807) is 17.0 Å². The molecule has 0 N–H and O–H groups in total. The van der Waals surface area contributed by atoms with Crippen molar-refractivity contribution in [3.8, 4) is 0 Å². The second-order valence-electron chi connectivity index (χ2n) is 4.82. The van der Waals surface area contributed by atoms with Crippen molar-refractivity contribution in [2.24, 2.45) is 0 Å². The molecule has 3 amide bonds. The smallest absolute Gasteiger partial charge is 0.316 e. The fourth-order valence-corrected chi connectivity index (χ4v) is 2.33. The second-order valence-corrected chi connectivity index (χ2v) is 4.82. The van der Waals surface area contributed by atoms with Gasteiger partial charge in [0.15, 0.2) is 0 Å². The van der Waals surface area contributed by atoms with Crippen LogP contribution in [0, 0.1) is 0 Å². The highest BCUT2D eigenvalue weighted by atomic mass is 16.2. The molecule has 0 aromatic heterocycles. The quantitative estimate of drug-likeness (QED) is 0.595. The van der Waals surface area contributed by atoms with Gasteiger partial charge in [-0.05, 0) is 19.1 Å². The lowest BCUT2D eigenvalue weighted by Gasteiger charge is -2.33. The second kappa shape index (κ2) is 6.88. The topological polar surface area (TPSA) is 60.9 Å². The Morgan fingerprint density at radius 2 is 1.76 bits per heavy atom. The van der Waals surface area contributed by atoms with Gasteiger partial charge in [-0.2, -0.15) is 0 Å². The third kappa shape index (κ3) is 3.39. The monoisotopic (exact) mass is 289 g/mol. The lowest BCUT2D eigenvalue weighted by molar-refractivity contribution is -0.146. The number of carbonyl (C=O) groups is 3. The Bertz CT molecular complexity index is 510. The molecule has 112 valence electrons. The number of para-hydroxylation sites is 1. The van der Waals surface area contributed by atoms with E-state index in [2.05, 4.69) is 0 Å². The summed E-state index contributed by atoms with van der Waals surface area (Å²) < 4.78 is 0. The summed E-state index contributed by atoms with van der Waals surface area (Å²) in [6.07, 6.45) is 0.770. The summed E-state index contributed by atoms with van der Waals surface area (Å²) in [7, 11) is 0. The van der Waals surface area contributed by atoms with Crippen molar-refractivity contribution in [2.75, 3.05) is 37.6 Å². The molecule has 0 radical (unpaired) electrons. The summed E-state index contributed by atoms with van der Waals surface area (Å²) in [6, 6.07) is 9.14. The van der Waals surface area contributed by atoms with Crippen LogP contribution in [0.1, 0.15) is 6.92 Å². The van der Waals surface area contributed by atoms with Crippen LogP contribution in [-0.2, 0) is 14.4 Å². The van der Waals surface area contributed by atoms with E-state index in [9.17, 15) is 14.4 Å². The first kappa shape index (κ1) is 15.0. The Morgan fingerprint density at radius 3 is 2.29 bits per heavy atom. The molecule has 0 atom stereocenters. The number of nitrogens with zero attached hydrogens (tertiary/aromatic N) is 3. The van der Waals surface area contributed by atoms with Crippen LogP contribution in [0.4, 0.5) is 5.69 Å². The van der Waals surface area contributed by atoms with E-state index in [1.807, 2.05) is 25.1 Å². The third-order valence-corrected chi connectivity index (χ3v) is 3.56. The number of carbonyl (C=O) groups excluding carboxylic acids is 3. The van der Waals surface area contributed by atoms with Crippen molar-refractivity contribution in [3.63, 3.8) is 0 Å². The summed E-state index contributed by atoms with van der Waals surface area (Å²) in [5.41, 5.74) is 0.713. The van der Waals surface area contributed by atoms with Crippen LogP contribution in [-0.4, -0.2) is 60.7 Å². The number of anilines is 1. The van der Waals surface area contributed by atoms with Crippen molar-refractivity contribution in [1.82, 2.24) is 9.80 Å². The predicted molar refractivity (Wildman–Crippen MR) is 78.7 cm³/mol. The average molecular weight is 289 g/mol. The van der Waals surface area contributed by atoms with Crippen LogP contribution in [0.15, 0.2) is 30.3 Å². The minimum absolute atomic E-state index is 0.398. The van der Waals surface area contributed by atoms with E-state index in [4.69, 9.17) is 0 Å². The summed E-state index contributed by atoms with van der Waals surface area (Å²) in [5, 5.41) is 0. The number of amides is 3. The molecule has 1 aromatic carbocycles. The van der Waals surface area contributed by atoms with Crippen molar-refractivity contribution in [1.29, 1.82) is 0 Å². The molecular formula is C15H19N3O3. The van der Waals surface area contributed by atoms with Gasteiger partial charge in [0.25, 0.3) is 0 Å². The molecule has 1 aliphatic heterocycles. The molecule has 1 aromatic rings. The van der Waals surface area contributed by atoms with Crippen LogP contribution >= 0.6 is 0 Å². The first-order chi connectivity index (χ1) is 10.2. The maximum absolute atomic E-state index is 12.4. The summed E-state index contributed by atoms with van der Waals surface area (Å²) in [5.74, 6) is -1.03. The van der Waals surface area contributed by atoms with Gasteiger partial charge in [0.2, 0.25) is 6.41 Å². The van der Waals surface area contributed by atoms with E-state index in [1.165, 1.54) is 9.80 Å². The minimum Gasteiger partial charge on any atom is -0.342 e. The molecule has 2 rings (SSSR count). The highest BCUT2D eigenvalue weighted by Crippen LogP contribution is 2.14. The van der Waals surface area contributed by atoms with Gasteiger partial charge in [-0.3, -0.25) is 14.4 Å². The molecule has 0 bridgehead atoms. The normalized spacial score (nSPS) is 14.7. The fourth-order valence-electron chi connectivity index (χ4n) is 2.33. The Kier molecular flexibility index (Phi) is 4.92. The standard InChI is InChI=1S/C15H19N3O3/c1-2-18(13-6-4-3-5-7-13)15(21)14(20)17-10-8-16(12-19)9-11-17/h3-7,12H,2,8-11H2,1H3. The summed E-state index contributed by atoms with van der Waals surface area (Å²) in [4.78, 5) is 39.9. The molecule has 6 nitrogen and oxygen atoms in total. The van der Waals surface area contributed by atoms with Crippen LogP contribution < -0.4 is 4.90 Å². The van der Waals surface area contributed by atoms with Gasteiger partial charge in [0, 0.05) is 38.4 Å². The molecule has 1 fully saturated rings. The zero-order valence-corrected chi connectivity index (χ0v) is 12.1. The lowest BCUT2D eigenvalue weighted by atomic mass is 10.2. The molecular weight excluding hydrogens is 270 g/mol. The molecule has 1 saturated heterocycles. The Balaban J connectivity index is 2.04. The van der Waals surface area contributed by atoms with E-state index in [-0.39, 0.29) is 0 Å². The Hall–Kier alpha value is -2.37. The number of piperazine rings is 1. The Labute approximate surface area is 123 Å². The van der Waals surface area contributed by atoms with Crippen molar-refractivity contribution < 1.29 is 14.4 Å². The number of benzene rings is 1. The molecule has 1 heterocycles. The summed E-state index contributed by atoms with van der Waals surface area (Å²) in [6.45, 7) is 4.01. The number of likely N-dealkylation sites (N-methyl/N-ethyl adjacent to an activating group) is 1. The molecule has 0 spiro atoms.